The molecular formula is C25H38O4. The van der Waals surface area contributed by atoms with Gasteiger partial charge >= 0.3 is 11.9 Å². The van der Waals surface area contributed by atoms with E-state index < -0.39 is 0 Å². The molecule has 4 heteroatoms. The number of hydrogen-bond acceptors (Lipinski definition) is 4. The van der Waals surface area contributed by atoms with E-state index in [-0.39, 0.29) is 18.0 Å². The molecule has 0 saturated heterocycles. The van der Waals surface area contributed by atoms with Crippen LogP contribution in [0.15, 0.2) is 24.3 Å². The molecule has 0 amide bonds. The Balaban J connectivity index is 1.81. The highest BCUT2D eigenvalue weighted by molar-refractivity contribution is 5.95. The van der Waals surface area contributed by atoms with E-state index in [0.717, 1.165) is 38.5 Å². The number of rotatable bonds is 9. The SMILES string of the molecule is CCCCCCCOC(=O)c1cccc(C(=O)OC2CCC(C(C)(C)C)CC2)c1. The van der Waals surface area contributed by atoms with Crippen LogP contribution in [0.25, 0.3) is 0 Å². The van der Waals surface area contributed by atoms with Crippen LogP contribution in [-0.2, 0) is 9.47 Å². The molecule has 0 spiro atoms. The average molecular weight is 403 g/mol. The van der Waals surface area contributed by atoms with Gasteiger partial charge in [-0.1, -0.05) is 59.4 Å². The molecule has 2 rings (SSSR count). The van der Waals surface area contributed by atoms with Crippen LogP contribution < -0.4 is 0 Å². The normalized spacial score (nSPS) is 19.6. The molecule has 0 bridgehead atoms. The maximum Gasteiger partial charge on any atom is 0.338 e. The van der Waals surface area contributed by atoms with Crippen molar-refractivity contribution < 1.29 is 19.1 Å². The number of ether oxygens (including phenoxy) is 2. The van der Waals surface area contributed by atoms with E-state index in [4.69, 9.17) is 9.47 Å². The molecular weight excluding hydrogens is 364 g/mol. The van der Waals surface area contributed by atoms with Gasteiger partial charge in [0.2, 0.25) is 0 Å². The highest BCUT2D eigenvalue weighted by atomic mass is 16.5. The lowest BCUT2D eigenvalue weighted by atomic mass is 9.72. The second-order valence-corrected chi connectivity index (χ2v) is 9.38. The van der Waals surface area contributed by atoms with Crippen molar-refractivity contribution >= 4 is 11.9 Å². The Morgan fingerprint density at radius 2 is 1.55 bits per heavy atom. The molecule has 29 heavy (non-hydrogen) atoms. The van der Waals surface area contributed by atoms with E-state index in [0.29, 0.717) is 29.1 Å². The maximum absolute atomic E-state index is 12.6. The van der Waals surface area contributed by atoms with Gasteiger partial charge in [-0.2, -0.15) is 0 Å². The second-order valence-electron chi connectivity index (χ2n) is 9.38. The third-order valence-electron chi connectivity index (χ3n) is 5.99. The highest BCUT2D eigenvalue weighted by Gasteiger charge is 2.31. The summed E-state index contributed by atoms with van der Waals surface area (Å²) in [5.41, 5.74) is 1.13. The van der Waals surface area contributed by atoms with E-state index in [1.54, 1.807) is 24.3 Å². The van der Waals surface area contributed by atoms with Crippen molar-refractivity contribution in [2.45, 2.75) is 91.6 Å². The molecule has 0 aromatic heterocycles. The molecule has 0 aliphatic heterocycles. The molecule has 1 aliphatic rings. The zero-order valence-corrected chi connectivity index (χ0v) is 18.7. The molecule has 1 fully saturated rings. The Morgan fingerprint density at radius 3 is 2.17 bits per heavy atom. The zero-order chi connectivity index (χ0) is 21.3. The minimum absolute atomic E-state index is 0.0279. The van der Waals surface area contributed by atoms with Crippen LogP contribution in [0.3, 0.4) is 0 Å². The third-order valence-corrected chi connectivity index (χ3v) is 5.99. The summed E-state index contributed by atoms with van der Waals surface area (Å²) in [5.74, 6) is -0.0447. The summed E-state index contributed by atoms with van der Waals surface area (Å²) in [4.78, 5) is 24.8. The van der Waals surface area contributed by atoms with Gasteiger partial charge in [0.1, 0.15) is 6.10 Å². The van der Waals surface area contributed by atoms with Crippen LogP contribution in [0.2, 0.25) is 0 Å². The van der Waals surface area contributed by atoms with Crippen molar-refractivity contribution in [3.8, 4) is 0 Å². The minimum Gasteiger partial charge on any atom is -0.462 e. The van der Waals surface area contributed by atoms with Crippen molar-refractivity contribution in [1.82, 2.24) is 0 Å². The molecule has 0 unspecified atom stereocenters. The van der Waals surface area contributed by atoms with Crippen molar-refractivity contribution in [2.75, 3.05) is 6.61 Å². The lowest BCUT2D eigenvalue weighted by Gasteiger charge is -2.36. The van der Waals surface area contributed by atoms with Crippen molar-refractivity contribution in [3.05, 3.63) is 35.4 Å². The summed E-state index contributed by atoms with van der Waals surface area (Å²) in [6.07, 6.45) is 9.51. The lowest BCUT2D eigenvalue weighted by Crippen LogP contribution is -2.30. The highest BCUT2D eigenvalue weighted by Crippen LogP contribution is 2.38. The first-order chi connectivity index (χ1) is 13.8. The molecule has 1 aromatic carbocycles. The summed E-state index contributed by atoms with van der Waals surface area (Å²) in [6.45, 7) is 9.43. The monoisotopic (exact) mass is 402 g/mol. The summed E-state index contributed by atoms with van der Waals surface area (Å²) in [6, 6.07) is 6.68. The van der Waals surface area contributed by atoms with Gasteiger partial charge in [-0.15, -0.1) is 0 Å². The summed E-state index contributed by atoms with van der Waals surface area (Å²) < 4.78 is 11.1. The smallest absolute Gasteiger partial charge is 0.338 e. The Kier molecular flexibility index (Phi) is 9.19. The van der Waals surface area contributed by atoms with Gasteiger partial charge in [-0.25, -0.2) is 9.59 Å². The molecule has 0 atom stereocenters. The number of benzene rings is 1. The predicted octanol–water partition coefficient (Wildman–Crippen LogP) is 6.58. The van der Waals surface area contributed by atoms with E-state index in [1.165, 1.54) is 19.3 Å². The van der Waals surface area contributed by atoms with Crippen molar-refractivity contribution in [1.29, 1.82) is 0 Å². The van der Waals surface area contributed by atoms with E-state index >= 15 is 0 Å². The largest absolute Gasteiger partial charge is 0.462 e. The zero-order valence-electron chi connectivity index (χ0n) is 18.7. The van der Waals surface area contributed by atoms with Gasteiger partial charge in [-0.3, -0.25) is 0 Å². The van der Waals surface area contributed by atoms with Crippen LogP contribution in [0.1, 0.15) is 106 Å². The first-order valence-electron chi connectivity index (χ1n) is 11.3. The molecule has 1 saturated carbocycles. The summed E-state index contributed by atoms with van der Waals surface area (Å²) in [7, 11) is 0. The van der Waals surface area contributed by atoms with E-state index in [9.17, 15) is 9.59 Å². The molecule has 162 valence electrons. The number of hydrogen-bond donors (Lipinski definition) is 0. The van der Waals surface area contributed by atoms with Crippen LogP contribution in [0.5, 0.6) is 0 Å². The van der Waals surface area contributed by atoms with Crippen LogP contribution in [0.4, 0.5) is 0 Å². The van der Waals surface area contributed by atoms with Crippen molar-refractivity contribution in [2.24, 2.45) is 11.3 Å². The number of carbonyl (C=O) groups is 2. The predicted molar refractivity (Wildman–Crippen MR) is 116 cm³/mol. The molecule has 0 heterocycles. The number of esters is 2. The lowest BCUT2D eigenvalue weighted by molar-refractivity contribution is 0.00929. The Bertz CT molecular complexity index is 651. The van der Waals surface area contributed by atoms with Crippen LogP contribution >= 0.6 is 0 Å². The summed E-state index contributed by atoms with van der Waals surface area (Å²) in [5, 5.41) is 0. The number of unbranched alkanes of at least 4 members (excludes halogenated alkanes) is 4. The number of carbonyl (C=O) groups excluding carboxylic acids is 2. The molecule has 4 nitrogen and oxygen atoms in total. The summed E-state index contributed by atoms with van der Waals surface area (Å²) >= 11 is 0. The fourth-order valence-electron chi connectivity index (χ4n) is 3.99. The molecule has 1 aromatic rings. The first kappa shape index (κ1) is 23.4. The Labute approximate surface area is 176 Å². The van der Waals surface area contributed by atoms with Gasteiger partial charge in [-0.05, 0) is 61.6 Å². The van der Waals surface area contributed by atoms with Gasteiger partial charge in [0.15, 0.2) is 0 Å². The third kappa shape index (κ3) is 7.83. The van der Waals surface area contributed by atoms with Crippen LogP contribution in [0, 0.1) is 11.3 Å². The fraction of sp³-hybridized carbons (Fsp3) is 0.680. The Hall–Kier alpha value is -1.84. The van der Waals surface area contributed by atoms with Gasteiger partial charge < -0.3 is 9.47 Å². The quantitative estimate of drug-likeness (QED) is 0.346. The van der Waals surface area contributed by atoms with Crippen LogP contribution in [-0.4, -0.2) is 24.6 Å². The first-order valence-corrected chi connectivity index (χ1v) is 11.3. The Morgan fingerprint density at radius 1 is 0.931 bits per heavy atom. The van der Waals surface area contributed by atoms with Gasteiger partial charge in [0.25, 0.3) is 0 Å². The second kappa shape index (κ2) is 11.4. The van der Waals surface area contributed by atoms with E-state index in [1.807, 2.05) is 0 Å². The molecule has 1 aliphatic carbocycles. The fourth-order valence-corrected chi connectivity index (χ4v) is 3.99. The minimum atomic E-state index is -0.374. The molecule has 0 N–H and O–H groups in total. The van der Waals surface area contributed by atoms with Gasteiger partial charge in [0, 0.05) is 0 Å². The standard InChI is InChI=1S/C25H38O4/c1-5-6-7-8-9-17-28-23(26)19-11-10-12-20(18-19)24(27)29-22-15-13-21(14-16-22)25(2,3)4/h10-12,18,21-22H,5-9,13-17H2,1-4H3. The van der Waals surface area contributed by atoms with Gasteiger partial charge in [0.05, 0.1) is 17.7 Å². The maximum atomic E-state index is 12.6. The average Bonchev–Trinajstić information content (AvgIpc) is 2.70. The van der Waals surface area contributed by atoms with E-state index in [2.05, 4.69) is 27.7 Å². The molecule has 0 radical (unpaired) electrons. The van der Waals surface area contributed by atoms with Crippen molar-refractivity contribution in [3.63, 3.8) is 0 Å². The topological polar surface area (TPSA) is 52.6 Å².